The third kappa shape index (κ3) is 5.53. The Balaban J connectivity index is 1.73. The van der Waals surface area contributed by atoms with E-state index in [0.29, 0.717) is 41.9 Å². The zero-order valence-corrected chi connectivity index (χ0v) is 18.4. The standard InChI is InChI=1S/C22H29ClN4O3/c1-14(2)9-17-12-19(26(3)25-17)22(29)27-8-7-20(15(13-27)10-21(24)28)30-18-6-4-5-16(23)11-18/h4-6,11-12,14-15,20H,7-10,13H2,1-3H3,(H2,24,28)/t15-,20-/m0/s1. The molecule has 7 nitrogen and oxygen atoms in total. The third-order valence-corrected chi connectivity index (χ3v) is 5.50. The Labute approximate surface area is 182 Å². The highest BCUT2D eigenvalue weighted by Crippen LogP contribution is 2.28. The van der Waals surface area contributed by atoms with Gasteiger partial charge < -0.3 is 15.4 Å². The second kappa shape index (κ2) is 9.51. The fourth-order valence-corrected chi connectivity index (χ4v) is 4.11. The lowest BCUT2D eigenvalue weighted by molar-refractivity contribution is -0.120. The monoisotopic (exact) mass is 432 g/mol. The molecule has 0 bridgehead atoms. The zero-order valence-electron chi connectivity index (χ0n) is 17.7. The number of nitrogens with two attached hydrogens (primary N) is 1. The van der Waals surface area contributed by atoms with Gasteiger partial charge in [0, 0.05) is 43.9 Å². The molecular weight excluding hydrogens is 404 g/mol. The van der Waals surface area contributed by atoms with E-state index >= 15 is 0 Å². The molecule has 1 aliphatic heterocycles. The van der Waals surface area contributed by atoms with Crippen LogP contribution in [0, 0.1) is 11.8 Å². The van der Waals surface area contributed by atoms with E-state index in [1.807, 2.05) is 18.2 Å². The molecule has 2 N–H and O–H groups in total. The van der Waals surface area contributed by atoms with Gasteiger partial charge in [0.25, 0.3) is 5.91 Å². The molecule has 1 aliphatic rings. The molecule has 2 aromatic rings. The van der Waals surface area contributed by atoms with Crippen LogP contribution in [0.25, 0.3) is 0 Å². The van der Waals surface area contributed by atoms with Gasteiger partial charge in [-0.25, -0.2) is 0 Å². The van der Waals surface area contributed by atoms with Crippen molar-refractivity contribution in [3.8, 4) is 5.75 Å². The number of carbonyl (C=O) groups excluding carboxylic acids is 2. The molecule has 0 saturated carbocycles. The van der Waals surface area contributed by atoms with E-state index in [1.54, 1.807) is 28.8 Å². The maximum absolute atomic E-state index is 13.2. The number of ether oxygens (including phenoxy) is 1. The summed E-state index contributed by atoms with van der Waals surface area (Å²) in [6.45, 7) is 5.17. The number of aryl methyl sites for hydroxylation is 1. The first kappa shape index (κ1) is 22.2. The number of amides is 2. The van der Waals surface area contributed by atoms with Crippen LogP contribution in [-0.2, 0) is 18.3 Å². The van der Waals surface area contributed by atoms with Gasteiger partial charge in [-0.3, -0.25) is 14.3 Å². The summed E-state index contributed by atoms with van der Waals surface area (Å²) in [7, 11) is 1.78. The number of piperidine rings is 1. The number of nitrogens with zero attached hydrogens (tertiary/aromatic N) is 3. The van der Waals surface area contributed by atoms with E-state index in [4.69, 9.17) is 22.1 Å². The van der Waals surface area contributed by atoms with E-state index < -0.39 is 5.91 Å². The maximum atomic E-state index is 13.2. The Kier molecular flexibility index (Phi) is 7.02. The molecule has 1 saturated heterocycles. The highest BCUT2D eigenvalue weighted by molar-refractivity contribution is 6.30. The molecule has 1 fully saturated rings. The lowest BCUT2D eigenvalue weighted by Crippen LogP contribution is -2.49. The highest BCUT2D eigenvalue weighted by Gasteiger charge is 2.35. The van der Waals surface area contributed by atoms with Crippen molar-refractivity contribution >= 4 is 23.4 Å². The van der Waals surface area contributed by atoms with Crippen molar-refractivity contribution in [1.29, 1.82) is 0 Å². The molecular formula is C22H29ClN4O3. The topological polar surface area (TPSA) is 90.5 Å². The van der Waals surface area contributed by atoms with E-state index in [1.165, 1.54) is 0 Å². The first-order valence-electron chi connectivity index (χ1n) is 10.3. The van der Waals surface area contributed by atoms with Crippen molar-refractivity contribution in [3.05, 3.63) is 46.7 Å². The normalized spacial score (nSPS) is 19.2. The Bertz CT molecular complexity index is 912. The lowest BCUT2D eigenvalue weighted by Gasteiger charge is -2.38. The molecule has 0 spiro atoms. The molecule has 3 rings (SSSR count). The number of carbonyl (C=O) groups is 2. The Hall–Kier alpha value is -2.54. The number of halogens is 1. The van der Waals surface area contributed by atoms with Gasteiger partial charge in [0.1, 0.15) is 17.5 Å². The minimum Gasteiger partial charge on any atom is -0.490 e. The van der Waals surface area contributed by atoms with Crippen molar-refractivity contribution in [2.45, 2.75) is 39.2 Å². The van der Waals surface area contributed by atoms with E-state index in [2.05, 4.69) is 18.9 Å². The van der Waals surface area contributed by atoms with Gasteiger partial charge in [0.2, 0.25) is 5.91 Å². The van der Waals surface area contributed by atoms with Crippen LogP contribution in [0.5, 0.6) is 5.75 Å². The quantitative estimate of drug-likeness (QED) is 0.727. The number of hydrogen-bond donors (Lipinski definition) is 1. The Morgan fingerprint density at radius 3 is 2.77 bits per heavy atom. The van der Waals surface area contributed by atoms with Gasteiger partial charge in [-0.05, 0) is 36.6 Å². The lowest BCUT2D eigenvalue weighted by atomic mass is 9.91. The predicted octanol–water partition coefficient (Wildman–Crippen LogP) is 3.06. The molecule has 1 aromatic heterocycles. The van der Waals surface area contributed by atoms with Crippen molar-refractivity contribution in [2.24, 2.45) is 24.6 Å². The number of likely N-dealkylation sites (tertiary alicyclic amines) is 1. The summed E-state index contributed by atoms with van der Waals surface area (Å²) >= 11 is 6.05. The SMILES string of the molecule is CC(C)Cc1cc(C(=O)N2CC[C@H](Oc3cccc(Cl)c3)[C@@H](CC(N)=O)C2)n(C)n1. The molecule has 8 heteroatoms. The van der Waals surface area contributed by atoms with Crippen LogP contribution in [0.2, 0.25) is 5.02 Å². The minimum absolute atomic E-state index is 0.0873. The summed E-state index contributed by atoms with van der Waals surface area (Å²) in [5.74, 6) is 0.417. The molecule has 162 valence electrons. The molecule has 2 heterocycles. The summed E-state index contributed by atoms with van der Waals surface area (Å²) in [4.78, 5) is 26.6. The van der Waals surface area contributed by atoms with Gasteiger partial charge in [-0.15, -0.1) is 0 Å². The average Bonchev–Trinajstić information content (AvgIpc) is 3.01. The van der Waals surface area contributed by atoms with Crippen LogP contribution in [0.15, 0.2) is 30.3 Å². The van der Waals surface area contributed by atoms with Gasteiger partial charge in [0.05, 0.1) is 5.69 Å². The number of benzene rings is 1. The summed E-state index contributed by atoms with van der Waals surface area (Å²) in [5.41, 5.74) is 6.94. The van der Waals surface area contributed by atoms with Crippen molar-refractivity contribution in [2.75, 3.05) is 13.1 Å². The fourth-order valence-electron chi connectivity index (χ4n) is 3.93. The number of primary amides is 1. The van der Waals surface area contributed by atoms with Gasteiger partial charge in [-0.2, -0.15) is 5.10 Å². The van der Waals surface area contributed by atoms with E-state index in [0.717, 1.165) is 12.1 Å². The highest BCUT2D eigenvalue weighted by atomic mass is 35.5. The number of aromatic nitrogens is 2. The fraction of sp³-hybridized carbons (Fsp3) is 0.500. The molecule has 0 radical (unpaired) electrons. The Morgan fingerprint density at radius 2 is 2.10 bits per heavy atom. The largest absolute Gasteiger partial charge is 0.490 e. The smallest absolute Gasteiger partial charge is 0.272 e. The zero-order chi connectivity index (χ0) is 21.8. The maximum Gasteiger partial charge on any atom is 0.272 e. The number of rotatable bonds is 7. The van der Waals surface area contributed by atoms with Crippen LogP contribution < -0.4 is 10.5 Å². The minimum atomic E-state index is -0.409. The van der Waals surface area contributed by atoms with Gasteiger partial charge in [-0.1, -0.05) is 31.5 Å². The summed E-state index contributed by atoms with van der Waals surface area (Å²) in [6.07, 6.45) is 1.36. The number of hydrogen-bond acceptors (Lipinski definition) is 4. The van der Waals surface area contributed by atoms with Crippen LogP contribution in [0.4, 0.5) is 0 Å². The third-order valence-electron chi connectivity index (χ3n) is 5.27. The Morgan fingerprint density at radius 1 is 1.33 bits per heavy atom. The molecule has 2 amide bonds. The molecule has 0 aliphatic carbocycles. The summed E-state index contributed by atoms with van der Waals surface area (Å²) in [5, 5.41) is 5.05. The van der Waals surface area contributed by atoms with E-state index in [9.17, 15) is 9.59 Å². The summed E-state index contributed by atoms with van der Waals surface area (Å²) < 4.78 is 7.74. The van der Waals surface area contributed by atoms with Gasteiger partial charge >= 0.3 is 0 Å². The second-order valence-corrected chi connectivity index (χ2v) is 8.76. The van der Waals surface area contributed by atoms with Crippen molar-refractivity contribution < 1.29 is 14.3 Å². The van der Waals surface area contributed by atoms with Crippen LogP contribution in [-0.4, -0.2) is 45.7 Å². The van der Waals surface area contributed by atoms with Crippen LogP contribution in [0.3, 0.4) is 0 Å². The van der Waals surface area contributed by atoms with Crippen molar-refractivity contribution in [1.82, 2.24) is 14.7 Å². The van der Waals surface area contributed by atoms with Crippen LogP contribution in [0.1, 0.15) is 42.9 Å². The average molecular weight is 433 g/mol. The molecule has 1 aromatic carbocycles. The second-order valence-electron chi connectivity index (χ2n) is 8.33. The van der Waals surface area contributed by atoms with E-state index in [-0.39, 0.29) is 24.3 Å². The predicted molar refractivity (Wildman–Crippen MR) is 115 cm³/mol. The first-order valence-corrected chi connectivity index (χ1v) is 10.6. The van der Waals surface area contributed by atoms with Gasteiger partial charge in [0.15, 0.2) is 0 Å². The molecule has 0 unspecified atom stereocenters. The van der Waals surface area contributed by atoms with Crippen LogP contribution >= 0.6 is 11.6 Å². The first-order chi connectivity index (χ1) is 14.2. The molecule has 30 heavy (non-hydrogen) atoms. The van der Waals surface area contributed by atoms with Crippen molar-refractivity contribution in [3.63, 3.8) is 0 Å². The summed E-state index contributed by atoms with van der Waals surface area (Å²) in [6, 6.07) is 9.03. The molecule has 2 atom stereocenters.